The van der Waals surface area contributed by atoms with Gasteiger partial charge < -0.3 is 20.3 Å². The number of nitrogens with zero attached hydrogens (tertiary/aromatic N) is 1. The van der Waals surface area contributed by atoms with Crippen LogP contribution in [-0.2, 0) is 9.53 Å². The van der Waals surface area contributed by atoms with Crippen LogP contribution in [0.15, 0.2) is 0 Å². The average Bonchev–Trinajstić information content (AvgIpc) is 2.86. The molecule has 0 aromatic rings. The van der Waals surface area contributed by atoms with E-state index in [0.29, 0.717) is 6.04 Å². The number of likely N-dealkylation sites (tertiary alicyclic amines) is 1. The van der Waals surface area contributed by atoms with Crippen LogP contribution in [0.5, 0.6) is 0 Å². The Labute approximate surface area is 132 Å². The van der Waals surface area contributed by atoms with Crippen molar-refractivity contribution in [3.05, 3.63) is 0 Å². The molecule has 6 nitrogen and oxygen atoms in total. The van der Waals surface area contributed by atoms with Crippen molar-refractivity contribution in [3.8, 4) is 0 Å². The zero-order valence-electron chi connectivity index (χ0n) is 14.1. The number of hydrogen-bond acceptors (Lipinski definition) is 4. The van der Waals surface area contributed by atoms with Gasteiger partial charge in [-0.05, 0) is 53.4 Å². The first-order valence-electron chi connectivity index (χ1n) is 8.29. The minimum absolute atomic E-state index is 0.140. The summed E-state index contributed by atoms with van der Waals surface area (Å²) in [5.74, 6) is 0.195. The molecule has 1 heterocycles. The van der Waals surface area contributed by atoms with Crippen molar-refractivity contribution in [1.82, 2.24) is 15.5 Å². The maximum Gasteiger partial charge on any atom is 0.407 e. The number of rotatable bonds is 4. The van der Waals surface area contributed by atoms with Gasteiger partial charge in [-0.25, -0.2) is 4.79 Å². The van der Waals surface area contributed by atoms with E-state index in [9.17, 15) is 9.59 Å². The molecule has 126 valence electrons. The lowest BCUT2D eigenvalue weighted by molar-refractivity contribution is -0.132. The lowest BCUT2D eigenvalue weighted by Gasteiger charge is -2.38. The van der Waals surface area contributed by atoms with E-state index in [-0.39, 0.29) is 24.1 Å². The van der Waals surface area contributed by atoms with E-state index in [1.54, 1.807) is 0 Å². The molecule has 22 heavy (non-hydrogen) atoms. The van der Waals surface area contributed by atoms with Crippen molar-refractivity contribution in [3.63, 3.8) is 0 Å². The van der Waals surface area contributed by atoms with Gasteiger partial charge in [0.2, 0.25) is 5.91 Å². The Morgan fingerprint density at radius 1 is 1.14 bits per heavy atom. The third-order valence-electron chi connectivity index (χ3n) is 4.13. The van der Waals surface area contributed by atoms with Crippen LogP contribution in [0.2, 0.25) is 0 Å². The summed E-state index contributed by atoms with van der Waals surface area (Å²) in [4.78, 5) is 25.8. The van der Waals surface area contributed by atoms with E-state index in [1.165, 1.54) is 0 Å². The van der Waals surface area contributed by atoms with Gasteiger partial charge in [-0.15, -0.1) is 0 Å². The number of carbonyl (C=O) groups excluding carboxylic acids is 2. The molecule has 1 aliphatic heterocycles. The second-order valence-corrected chi connectivity index (χ2v) is 7.43. The van der Waals surface area contributed by atoms with Crippen molar-refractivity contribution < 1.29 is 14.3 Å². The third kappa shape index (κ3) is 4.87. The van der Waals surface area contributed by atoms with Crippen LogP contribution in [0.4, 0.5) is 4.79 Å². The average molecular weight is 311 g/mol. The molecule has 1 aliphatic carbocycles. The molecule has 1 saturated heterocycles. The minimum Gasteiger partial charge on any atom is -0.444 e. The molecule has 2 rings (SSSR count). The summed E-state index contributed by atoms with van der Waals surface area (Å²) in [7, 11) is 0. The highest BCUT2D eigenvalue weighted by Crippen LogP contribution is 2.21. The predicted molar refractivity (Wildman–Crippen MR) is 84.6 cm³/mol. The maximum atomic E-state index is 12.2. The molecule has 0 aromatic carbocycles. The van der Waals surface area contributed by atoms with E-state index < -0.39 is 5.60 Å². The van der Waals surface area contributed by atoms with Crippen LogP contribution in [-0.4, -0.2) is 53.7 Å². The summed E-state index contributed by atoms with van der Waals surface area (Å²) >= 11 is 0. The molecule has 0 aromatic heterocycles. The fraction of sp³-hybridized carbons (Fsp3) is 0.875. The van der Waals surface area contributed by atoms with Crippen LogP contribution < -0.4 is 10.6 Å². The summed E-state index contributed by atoms with van der Waals surface area (Å²) in [6.45, 7) is 9.25. The number of alkyl carbamates (subject to hydrolysis) is 1. The van der Waals surface area contributed by atoms with E-state index >= 15 is 0 Å². The SMILES string of the molecule is CC(NC1CC(NC(=O)OC(C)(C)C)C1)C(=O)N1CCCC1. The van der Waals surface area contributed by atoms with Gasteiger partial charge in [-0.2, -0.15) is 0 Å². The van der Waals surface area contributed by atoms with Crippen molar-refractivity contribution in [2.75, 3.05) is 13.1 Å². The third-order valence-corrected chi connectivity index (χ3v) is 4.13. The zero-order valence-corrected chi connectivity index (χ0v) is 14.1. The van der Waals surface area contributed by atoms with Crippen LogP contribution in [0.3, 0.4) is 0 Å². The van der Waals surface area contributed by atoms with Crippen LogP contribution in [0, 0.1) is 0 Å². The number of amides is 2. The molecule has 0 radical (unpaired) electrons. The maximum absolute atomic E-state index is 12.2. The highest BCUT2D eigenvalue weighted by atomic mass is 16.6. The second kappa shape index (κ2) is 6.86. The Morgan fingerprint density at radius 2 is 1.73 bits per heavy atom. The number of carbonyl (C=O) groups is 2. The van der Waals surface area contributed by atoms with Crippen LogP contribution >= 0.6 is 0 Å². The lowest BCUT2D eigenvalue weighted by atomic mass is 9.86. The van der Waals surface area contributed by atoms with Gasteiger partial charge in [0.05, 0.1) is 6.04 Å². The summed E-state index contributed by atoms with van der Waals surface area (Å²) in [5.41, 5.74) is -0.470. The van der Waals surface area contributed by atoms with Crippen molar-refractivity contribution in [2.24, 2.45) is 0 Å². The van der Waals surface area contributed by atoms with Gasteiger partial charge in [-0.3, -0.25) is 4.79 Å². The molecule has 1 unspecified atom stereocenters. The van der Waals surface area contributed by atoms with Gasteiger partial charge in [0.25, 0.3) is 0 Å². The molecule has 2 amide bonds. The fourth-order valence-corrected chi connectivity index (χ4v) is 2.98. The first-order valence-corrected chi connectivity index (χ1v) is 8.29. The van der Waals surface area contributed by atoms with Gasteiger partial charge in [0.15, 0.2) is 0 Å². The number of nitrogens with one attached hydrogen (secondary N) is 2. The summed E-state index contributed by atoms with van der Waals surface area (Å²) in [5, 5.41) is 6.23. The first kappa shape index (κ1) is 17.1. The molecule has 1 atom stereocenters. The van der Waals surface area contributed by atoms with Crippen molar-refractivity contribution in [2.45, 2.75) is 77.1 Å². The molecular formula is C16H29N3O3. The molecule has 6 heteroatoms. The molecule has 1 saturated carbocycles. The highest BCUT2D eigenvalue weighted by Gasteiger charge is 2.34. The fourth-order valence-electron chi connectivity index (χ4n) is 2.98. The Kier molecular flexibility index (Phi) is 5.32. The molecule has 2 N–H and O–H groups in total. The van der Waals surface area contributed by atoms with Crippen LogP contribution in [0.1, 0.15) is 53.4 Å². The first-order chi connectivity index (χ1) is 10.2. The van der Waals surface area contributed by atoms with Gasteiger partial charge in [0, 0.05) is 25.2 Å². The second-order valence-electron chi connectivity index (χ2n) is 7.43. The highest BCUT2D eigenvalue weighted by molar-refractivity contribution is 5.81. The van der Waals surface area contributed by atoms with Crippen LogP contribution in [0.25, 0.3) is 0 Å². The van der Waals surface area contributed by atoms with Gasteiger partial charge >= 0.3 is 6.09 Å². The smallest absolute Gasteiger partial charge is 0.407 e. The largest absolute Gasteiger partial charge is 0.444 e. The van der Waals surface area contributed by atoms with E-state index in [1.807, 2.05) is 32.6 Å². The Hall–Kier alpha value is -1.30. The summed E-state index contributed by atoms with van der Waals surface area (Å²) in [6.07, 6.45) is 3.55. The Bertz CT molecular complexity index is 407. The van der Waals surface area contributed by atoms with Crippen molar-refractivity contribution >= 4 is 12.0 Å². The minimum atomic E-state index is -0.470. The number of hydrogen-bond donors (Lipinski definition) is 2. The van der Waals surface area contributed by atoms with E-state index in [2.05, 4.69) is 10.6 Å². The topological polar surface area (TPSA) is 70.7 Å². The monoisotopic (exact) mass is 311 g/mol. The molecular weight excluding hydrogens is 282 g/mol. The summed E-state index contributed by atoms with van der Waals surface area (Å²) < 4.78 is 5.23. The Balaban J connectivity index is 1.64. The molecule has 0 spiro atoms. The Morgan fingerprint density at radius 3 is 2.27 bits per heavy atom. The molecule has 0 bridgehead atoms. The quantitative estimate of drug-likeness (QED) is 0.828. The number of ether oxygens (including phenoxy) is 1. The molecule has 2 aliphatic rings. The van der Waals surface area contributed by atoms with E-state index in [4.69, 9.17) is 4.74 Å². The summed E-state index contributed by atoms with van der Waals surface area (Å²) in [6, 6.07) is 0.286. The lowest BCUT2D eigenvalue weighted by Crippen LogP contribution is -2.57. The van der Waals surface area contributed by atoms with Gasteiger partial charge in [-0.1, -0.05) is 0 Å². The van der Waals surface area contributed by atoms with Crippen molar-refractivity contribution in [1.29, 1.82) is 0 Å². The van der Waals surface area contributed by atoms with Gasteiger partial charge in [0.1, 0.15) is 5.60 Å². The van der Waals surface area contributed by atoms with E-state index in [0.717, 1.165) is 38.8 Å². The predicted octanol–water partition coefficient (Wildman–Crippen LogP) is 1.64. The normalized spacial score (nSPS) is 26.3. The molecule has 2 fully saturated rings. The zero-order chi connectivity index (χ0) is 16.3. The standard InChI is InChI=1S/C16H29N3O3/c1-11(14(20)19-7-5-6-8-19)17-12-9-13(10-12)18-15(21)22-16(2,3)4/h11-13,17H,5-10H2,1-4H3,(H,18,21).